The zero-order valence-corrected chi connectivity index (χ0v) is 13.1. The van der Waals surface area contributed by atoms with E-state index in [-0.39, 0.29) is 6.61 Å². The number of carbonyl (C=O) groups excluding carboxylic acids is 2. The summed E-state index contributed by atoms with van der Waals surface area (Å²) in [5, 5.41) is 5.26. The average molecular weight is 320 g/mol. The van der Waals surface area contributed by atoms with E-state index in [1.807, 2.05) is 0 Å². The molecule has 1 aromatic carbocycles. The van der Waals surface area contributed by atoms with Gasteiger partial charge < -0.3 is 24.8 Å². The molecule has 0 spiro atoms. The van der Waals surface area contributed by atoms with Crippen molar-refractivity contribution in [3.63, 3.8) is 0 Å². The molecule has 2 rings (SSSR count). The van der Waals surface area contributed by atoms with Crippen LogP contribution in [0.3, 0.4) is 0 Å². The van der Waals surface area contributed by atoms with Gasteiger partial charge in [-0.1, -0.05) is 18.7 Å². The molecular weight excluding hydrogens is 300 g/mol. The van der Waals surface area contributed by atoms with Gasteiger partial charge in [0.25, 0.3) is 0 Å². The summed E-state index contributed by atoms with van der Waals surface area (Å²) in [6.07, 6.45) is 0. The third-order valence-corrected chi connectivity index (χ3v) is 3.53. The first-order valence-corrected chi connectivity index (χ1v) is 7.12. The van der Waals surface area contributed by atoms with Crippen LogP contribution in [0.5, 0.6) is 5.75 Å². The Bertz CT molecular complexity index is 585. The minimum atomic E-state index is -0.724. The largest absolute Gasteiger partial charge is 0.497 e. The molecule has 1 aliphatic heterocycles. The second-order valence-electron chi connectivity index (χ2n) is 5.01. The van der Waals surface area contributed by atoms with Gasteiger partial charge in [-0.3, -0.25) is 4.79 Å². The fourth-order valence-corrected chi connectivity index (χ4v) is 2.37. The molecule has 2 amide bonds. The smallest absolute Gasteiger partial charge is 0.319 e. The SMILES string of the molecule is C=C1NC(=O)N[C@@H](c2ccc(OC)cc2)[C@@H]1C(=O)OCCOC. The maximum Gasteiger partial charge on any atom is 0.319 e. The number of benzene rings is 1. The molecule has 1 aromatic rings. The summed E-state index contributed by atoms with van der Waals surface area (Å²) in [6.45, 7) is 4.22. The maximum absolute atomic E-state index is 12.3. The van der Waals surface area contributed by atoms with Crippen LogP contribution in [0.15, 0.2) is 36.5 Å². The Morgan fingerprint density at radius 3 is 2.52 bits per heavy atom. The molecule has 2 atom stereocenters. The Morgan fingerprint density at radius 1 is 1.22 bits per heavy atom. The Morgan fingerprint density at radius 2 is 1.91 bits per heavy atom. The van der Waals surface area contributed by atoms with Gasteiger partial charge in [-0.2, -0.15) is 0 Å². The lowest BCUT2D eigenvalue weighted by Crippen LogP contribution is -2.51. The van der Waals surface area contributed by atoms with Gasteiger partial charge in [-0.05, 0) is 17.7 Å². The highest BCUT2D eigenvalue weighted by Crippen LogP contribution is 2.31. The van der Waals surface area contributed by atoms with Gasteiger partial charge in [-0.25, -0.2) is 4.79 Å². The second kappa shape index (κ2) is 7.64. The van der Waals surface area contributed by atoms with Crippen molar-refractivity contribution >= 4 is 12.0 Å². The van der Waals surface area contributed by atoms with Gasteiger partial charge >= 0.3 is 12.0 Å². The van der Waals surface area contributed by atoms with Crippen LogP contribution < -0.4 is 15.4 Å². The van der Waals surface area contributed by atoms with E-state index in [1.165, 1.54) is 7.11 Å². The number of ether oxygens (including phenoxy) is 3. The number of amides is 2. The summed E-state index contributed by atoms with van der Waals surface area (Å²) in [7, 11) is 3.09. The molecule has 1 heterocycles. The number of hydrogen-bond donors (Lipinski definition) is 2. The molecule has 1 saturated heterocycles. The summed E-state index contributed by atoms with van der Waals surface area (Å²) in [5.41, 5.74) is 1.06. The summed E-state index contributed by atoms with van der Waals surface area (Å²) in [4.78, 5) is 24.1. The summed E-state index contributed by atoms with van der Waals surface area (Å²) in [5.74, 6) is -0.509. The number of methoxy groups -OCH3 is 2. The molecule has 0 unspecified atom stereocenters. The molecule has 2 N–H and O–H groups in total. The van der Waals surface area contributed by atoms with E-state index >= 15 is 0 Å². The van der Waals surface area contributed by atoms with Gasteiger partial charge in [0, 0.05) is 12.8 Å². The standard InChI is InChI=1S/C16H20N2O5/c1-10-13(15(19)23-9-8-21-2)14(18-16(20)17-10)11-4-6-12(22-3)7-5-11/h4-7,13-14H,1,8-9H2,2-3H3,(H2,17,18,20)/t13-,14+/m1/s1. The fourth-order valence-electron chi connectivity index (χ4n) is 2.37. The lowest BCUT2D eigenvalue weighted by Gasteiger charge is -2.33. The molecule has 0 radical (unpaired) electrons. The van der Waals surface area contributed by atoms with Crippen molar-refractivity contribution in [2.45, 2.75) is 6.04 Å². The van der Waals surface area contributed by atoms with E-state index in [1.54, 1.807) is 31.4 Å². The minimum absolute atomic E-state index is 0.141. The van der Waals surface area contributed by atoms with Gasteiger partial charge in [-0.15, -0.1) is 0 Å². The fraction of sp³-hybridized carbons (Fsp3) is 0.375. The first-order valence-electron chi connectivity index (χ1n) is 7.12. The summed E-state index contributed by atoms with van der Waals surface area (Å²) in [6, 6.07) is 6.14. The number of carbonyl (C=O) groups is 2. The average Bonchev–Trinajstić information content (AvgIpc) is 2.54. The number of hydrogen-bond acceptors (Lipinski definition) is 5. The number of nitrogens with one attached hydrogen (secondary N) is 2. The number of rotatable bonds is 6. The Labute approximate surface area is 134 Å². The predicted molar refractivity (Wildman–Crippen MR) is 82.9 cm³/mol. The molecule has 0 aliphatic carbocycles. The molecule has 1 fully saturated rings. The minimum Gasteiger partial charge on any atom is -0.497 e. The molecule has 23 heavy (non-hydrogen) atoms. The highest BCUT2D eigenvalue weighted by atomic mass is 16.6. The van der Waals surface area contributed by atoms with E-state index in [4.69, 9.17) is 14.2 Å². The monoisotopic (exact) mass is 320 g/mol. The van der Waals surface area contributed by atoms with Crippen LogP contribution in [0, 0.1) is 5.92 Å². The molecule has 0 bridgehead atoms. The maximum atomic E-state index is 12.3. The van der Waals surface area contributed by atoms with Crippen molar-refractivity contribution in [1.29, 1.82) is 0 Å². The van der Waals surface area contributed by atoms with Gasteiger partial charge in [0.05, 0.1) is 19.8 Å². The van der Waals surface area contributed by atoms with Crippen LogP contribution in [0.25, 0.3) is 0 Å². The van der Waals surface area contributed by atoms with Gasteiger partial charge in [0.2, 0.25) is 0 Å². The van der Waals surface area contributed by atoms with E-state index in [9.17, 15) is 9.59 Å². The van der Waals surface area contributed by atoms with E-state index < -0.39 is 24.0 Å². The Hall–Kier alpha value is -2.54. The highest BCUT2D eigenvalue weighted by Gasteiger charge is 2.38. The van der Waals surface area contributed by atoms with Crippen LogP contribution in [0.4, 0.5) is 4.79 Å². The summed E-state index contributed by atoms with van der Waals surface area (Å²) < 4.78 is 15.2. The predicted octanol–water partition coefficient (Wildman–Crippen LogP) is 1.37. The lowest BCUT2D eigenvalue weighted by atomic mass is 9.89. The van der Waals surface area contributed by atoms with Crippen LogP contribution in [-0.2, 0) is 14.3 Å². The first kappa shape index (κ1) is 16.8. The third-order valence-electron chi connectivity index (χ3n) is 3.53. The molecule has 0 aromatic heterocycles. The number of esters is 1. The van der Waals surface area contributed by atoms with Crippen LogP contribution in [-0.4, -0.2) is 39.4 Å². The quantitative estimate of drug-likeness (QED) is 0.611. The van der Waals surface area contributed by atoms with Crippen LogP contribution in [0.1, 0.15) is 11.6 Å². The van der Waals surface area contributed by atoms with Crippen molar-refractivity contribution in [3.05, 3.63) is 42.1 Å². The molecule has 7 nitrogen and oxygen atoms in total. The van der Waals surface area contributed by atoms with Crippen molar-refractivity contribution < 1.29 is 23.8 Å². The van der Waals surface area contributed by atoms with Crippen molar-refractivity contribution in [2.75, 3.05) is 27.4 Å². The Kier molecular flexibility index (Phi) is 5.59. The zero-order valence-electron chi connectivity index (χ0n) is 13.1. The number of urea groups is 1. The van der Waals surface area contributed by atoms with Crippen molar-refractivity contribution in [1.82, 2.24) is 10.6 Å². The second-order valence-corrected chi connectivity index (χ2v) is 5.01. The van der Waals surface area contributed by atoms with Crippen LogP contribution >= 0.6 is 0 Å². The van der Waals surface area contributed by atoms with Crippen molar-refractivity contribution in [2.24, 2.45) is 5.92 Å². The van der Waals surface area contributed by atoms with Gasteiger partial charge in [0.1, 0.15) is 18.3 Å². The highest BCUT2D eigenvalue weighted by molar-refractivity contribution is 5.85. The van der Waals surface area contributed by atoms with E-state index in [2.05, 4.69) is 17.2 Å². The molecule has 0 saturated carbocycles. The van der Waals surface area contributed by atoms with E-state index in [0.29, 0.717) is 18.1 Å². The lowest BCUT2D eigenvalue weighted by molar-refractivity contribution is -0.149. The normalized spacial score (nSPS) is 20.4. The summed E-state index contributed by atoms with van der Waals surface area (Å²) >= 11 is 0. The first-order chi connectivity index (χ1) is 11.1. The van der Waals surface area contributed by atoms with Crippen LogP contribution in [0.2, 0.25) is 0 Å². The Balaban J connectivity index is 2.21. The molecule has 7 heteroatoms. The third kappa shape index (κ3) is 4.01. The topological polar surface area (TPSA) is 85.9 Å². The molecule has 124 valence electrons. The van der Waals surface area contributed by atoms with E-state index in [0.717, 1.165) is 5.56 Å². The molecular formula is C16H20N2O5. The van der Waals surface area contributed by atoms with Gasteiger partial charge in [0.15, 0.2) is 0 Å². The zero-order chi connectivity index (χ0) is 16.8. The molecule has 1 aliphatic rings. The van der Waals surface area contributed by atoms with Crippen molar-refractivity contribution in [3.8, 4) is 5.75 Å².